The number of hydrogen-bond donors (Lipinski definition) is 1. The van der Waals surface area contributed by atoms with Gasteiger partial charge in [-0.2, -0.15) is 5.10 Å². The summed E-state index contributed by atoms with van der Waals surface area (Å²) in [4.78, 5) is 27.9. The number of nitrogens with one attached hydrogen (secondary N) is 1. The number of hydrogen-bond acceptors (Lipinski definition) is 4. The van der Waals surface area contributed by atoms with Crippen LogP contribution in [-0.4, -0.2) is 28.8 Å². The zero-order valence-corrected chi connectivity index (χ0v) is 18.9. The van der Waals surface area contributed by atoms with Crippen LogP contribution in [0.5, 0.6) is 0 Å². The van der Waals surface area contributed by atoms with Crippen molar-refractivity contribution in [3.63, 3.8) is 0 Å². The van der Waals surface area contributed by atoms with Gasteiger partial charge in [-0.15, -0.1) is 0 Å². The van der Waals surface area contributed by atoms with Gasteiger partial charge in [0.05, 0.1) is 24.3 Å². The Morgan fingerprint density at radius 1 is 1.03 bits per heavy atom. The number of aromatic nitrogens is 2. The molecule has 1 aliphatic heterocycles. The Balaban J connectivity index is 1.27. The Morgan fingerprint density at radius 3 is 2.73 bits per heavy atom. The van der Waals surface area contributed by atoms with Crippen LogP contribution in [0.2, 0.25) is 0 Å². The highest BCUT2D eigenvalue weighted by atomic mass is 16.2. The molecule has 1 aromatic heterocycles. The normalized spacial score (nSPS) is 17.9. The van der Waals surface area contributed by atoms with Gasteiger partial charge < -0.3 is 10.2 Å². The van der Waals surface area contributed by atoms with E-state index in [0.717, 1.165) is 49.2 Å². The minimum atomic E-state index is -0.126. The van der Waals surface area contributed by atoms with Crippen molar-refractivity contribution in [3.05, 3.63) is 87.8 Å². The van der Waals surface area contributed by atoms with Crippen LogP contribution >= 0.6 is 0 Å². The maximum Gasteiger partial charge on any atom is 0.269 e. The number of carbonyl (C=O) groups excluding carboxylic acids is 1. The molecule has 0 spiro atoms. The molecule has 0 bridgehead atoms. The van der Waals surface area contributed by atoms with Crippen LogP contribution < -0.4 is 15.8 Å². The van der Waals surface area contributed by atoms with Crippen LogP contribution in [0.15, 0.2) is 65.6 Å². The Kier molecular flexibility index (Phi) is 6.24. The smallest absolute Gasteiger partial charge is 0.269 e. The summed E-state index contributed by atoms with van der Waals surface area (Å²) >= 11 is 0. The quantitative estimate of drug-likeness (QED) is 0.648. The molecule has 2 aliphatic rings. The summed E-state index contributed by atoms with van der Waals surface area (Å²) in [5, 5.41) is 7.61. The first-order chi connectivity index (χ1) is 16.2. The Hall–Kier alpha value is -3.41. The zero-order chi connectivity index (χ0) is 22.6. The number of rotatable bonds is 5. The van der Waals surface area contributed by atoms with Crippen molar-refractivity contribution in [3.8, 4) is 0 Å². The number of carbonyl (C=O) groups is 1. The van der Waals surface area contributed by atoms with E-state index in [1.54, 1.807) is 12.3 Å². The number of piperidine rings is 1. The van der Waals surface area contributed by atoms with Gasteiger partial charge in [-0.05, 0) is 61.3 Å². The fourth-order valence-electron chi connectivity index (χ4n) is 5.03. The number of amides is 1. The highest BCUT2D eigenvalue weighted by Crippen LogP contribution is 2.29. The molecular weight excluding hydrogens is 412 g/mol. The Bertz CT molecular complexity index is 1190. The van der Waals surface area contributed by atoms with Crippen molar-refractivity contribution >= 4 is 17.3 Å². The number of benzene rings is 2. The van der Waals surface area contributed by atoms with Gasteiger partial charge in [0, 0.05) is 24.8 Å². The van der Waals surface area contributed by atoms with E-state index in [4.69, 9.17) is 0 Å². The molecule has 1 aliphatic carbocycles. The molecule has 0 radical (unpaired) electrons. The molecule has 1 N–H and O–H groups in total. The average Bonchev–Trinajstić information content (AvgIpc) is 2.86. The molecule has 33 heavy (non-hydrogen) atoms. The van der Waals surface area contributed by atoms with Gasteiger partial charge in [0.1, 0.15) is 0 Å². The van der Waals surface area contributed by atoms with Gasteiger partial charge in [-0.3, -0.25) is 9.59 Å². The van der Waals surface area contributed by atoms with Crippen molar-refractivity contribution < 1.29 is 4.79 Å². The third kappa shape index (κ3) is 4.85. The fraction of sp³-hybridized carbons (Fsp3) is 0.370. The van der Waals surface area contributed by atoms with E-state index >= 15 is 0 Å². The number of anilines is 2. The first-order valence-corrected chi connectivity index (χ1v) is 11.9. The van der Waals surface area contributed by atoms with Gasteiger partial charge in [-0.1, -0.05) is 42.5 Å². The lowest BCUT2D eigenvalue weighted by atomic mass is 9.90. The third-order valence-electron chi connectivity index (χ3n) is 6.84. The van der Waals surface area contributed by atoms with Crippen LogP contribution in [0.4, 0.5) is 11.4 Å². The van der Waals surface area contributed by atoms with E-state index in [0.29, 0.717) is 13.1 Å². The molecule has 1 amide bonds. The molecule has 1 fully saturated rings. The van der Waals surface area contributed by atoms with Crippen molar-refractivity contribution in [2.45, 2.75) is 45.1 Å². The third-order valence-corrected chi connectivity index (χ3v) is 6.84. The SMILES string of the molecule is O=C(Nc1cccc2c1CCCC2)[C@H]1CCCN(c2cnn(Cc3ccccc3)c(=O)c2)C1. The van der Waals surface area contributed by atoms with E-state index in [-0.39, 0.29) is 17.4 Å². The molecule has 2 aromatic carbocycles. The van der Waals surface area contributed by atoms with Crippen LogP contribution in [0.1, 0.15) is 42.4 Å². The summed E-state index contributed by atoms with van der Waals surface area (Å²) in [5.41, 5.74) is 5.34. The molecule has 6 heteroatoms. The molecule has 6 nitrogen and oxygen atoms in total. The summed E-state index contributed by atoms with van der Waals surface area (Å²) in [6, 6.07) is 17.7. The Morgan fingerprint density at radius 2 is 1.88 bits per heavy atom. The van der Waals surface area contributed by atoms with Gasteiger partial charge in [0.25, 0.3) is 5.56 Å². The predicted molar refractivity (Wildman–Crippen MR) is 131 cm³/mol. The second-order valence-electron chi connectivity index (χ2n) is 9.12. The minimum absolute atomic E-state index is 0.0732. The number of nitrogens with zero attached hydrogens (tertiary/aromatic N) is 3. The van der Waals surface area contributed by atoms with Gasteiger partial charge in [0.2, 0.25) is 5.91 Å². The summed E-state index contributed by atoms with van der Waals surface area (Å²) in [5.74, 6) is -0.0333. The van der Waals surface area contributed by atoms with Gasteiger partial charge >= 0.3 is 0 Å². The first kappa shape index (κ1) is 21.4. The first-order valence-electron chi connectivity index (χ1n) is 11.9. The summed E-state index contributed by atoms with van der Waals surface area (Å²) < 4.78 is 1.48. The lowest BCUT2D eigenvalue weighted by Crippen LogP contribution is -2.41. The van der Waals surface area contributed by atoms with Crippen molar-refractivity contribution in [1.82, 2.24) is 9.78 Å². The molecule has 5 rings (SSSR count). The van der Waals surface area contributed by atoms with Gasteiger partial charge in [-0.25, -0.2) is 4.68 Å². The van der Waals surface area contributed by atoms with Crippen LogP contribution in [0, 0.1) is 5.92 Å². The fourth-order valence-corrected chi connectivity index (χ4v) is 5.03. The molecule has 3 aromatic rings. The molecule has 1 atom stereocenters. The molecule has 0 saturated carbocycles. The highest BCUT2D eigenvalue weighted by molar-refractivity contribution is 5.94. The lowest BCUT2D eigenvalue weighted by Gasteiger charge is -2.33. The number of fused-ring (bicyclic) bond motifs is 1. The van der Waals surface area contributed by atoms with E-state index < -0.39 is 0 Å². The van der Waals surface area contributed by atoms with Crippen LogP contribution in [0.25, 0.3) is 0 Å². The molecule has 170 valence electrons. The minimum Gasteiger partial charge on any atom is -0.369 e. The zero-order valence-electron chi connectivity index (χ0n) is 18.9. The molecule has 2 heterocycles. The molecule has 0 unspecified atom stereocenters. The monoisotopic (exact) mass is 442 g/mol. The van der Waals surface area contributed by atoms with Crippen molar-refractivity contribution in [1.29, 1.82) is 0 Å². The second kappa shape index (κ2) is 9.61. The second-order valence-corrected chi connectivity index (χ2v) is 9.12. The highest BCUT2D eigenvalue weighted by Gasteiger charge is 2.27. The largest absolute Gasteiger partial charge is 0.369 e. The molecule has 1 saturated heterocycles. The predicted octanol–water partition coefficient (Wildman–Crippen LogP) is 4.03. The van der Waals surface area contributed by atoms with Crippen molar-refractivity contribution in [2.75, 3.05) is 23.3 Å². The average molecular weight is 443 g/mol. The van der Waals surface area contributed by atoms with E-state index in [1.165, 1.54) is 28.7 Å². The maximum atomic E-state index is 13.1. The number of aryl methyl sites for hydroxylation is 1. The topological polar surface area (TPSA) is 67.2 Å². The maximum absolute atomic E-state index is 13.1. The summed E-state index contributed by atoms with van der Waals surface area (Å²) in [6.45, 7) is 1.88. The van der Waals surface area contributed by atoms with E-state index in [9.17, 15) is 9.59 Å². The molecular formula is C27H30N4O2. The Labute approximate surface area is 194 Å². The van der Waals surface area contributed by atoms with Gasteiger partial charge in [0.15, 0.2) is 0 Å². The van der Waals surface area contributed by atoms with E-state index in [1.807, 2.05) is 42.5 Å². The summed E-state index contributed by atoms with van der Waals surface area (Å²) in [7, 11) is 0. The summed E-state index contributed by atoms with van der Waals surface area (Å²) in [6.07, 6.45) is 8.05. The van der Waals surface area contributed by atoms with Crippen molar-refractivity contribution in [2.24, 2.45) is 5.92 Å². The lowest BCUT2D eigenvalue weighted by molar-refractivity contribution is -0.120. The standard InChI is InChI=1S/C27H30N4O2/c32-26-16-23(17-28-31(26)18-20-8-2-1-3-9-20)30-15-7-12-22(19-30)27(33)29-25-14-6-11-21-10-4-5-13-24(21)25/h1-3,6,8-9,11,14,16-17,22H,4-5,7,10,12-13,15,18-19H2,(H,29,33)/t22-/m0/s1. The van der Waals surface area contributed by atoms with Crippen LogP contribution in [0.3, 0.4) is 0 Å². The van der Waals surface area contributed by atoms with Crippen LogP contribution in [-0.2, 0) is 24.2 Å². The van der Waals surface area contributed by atoms with E-state index in [2.05, 4.69) is 21.4 Å².